The maximum atomic E-state index is 12.3. The standard InChI is InChI=1S/C20H20O6/c1-10-13-7-19-9-24-17(22)12(19)3-2-4-15(19)20(10)8-14(26-18(20)25-13)11-5-6-23-16(11)21/h2-5,10,13-15,18H,6-9H2,1H3/t10-,13-,14-,15-,18-,19-,20-/m1/s1. The molecule has 6 aliphatic rings. The molecular weight excluding hydrogens is 336 g/mol. The van der Waals surface area contributed by atoms with Gasteiger partial charge < -0.3 is 18.9 Å². The minimum atomic E-state index is -0.370. The third-order valence-corrected chi connectivity index (χ3v) is 7.59. The summed E-state index contributed by atoms with van der Waals surface area (Å²) in [5, 5.41) is 0. The van der Waals surface area contributed by atoms with Crippen molar-refractivity contribution in [3.05, 3.63) is 35.5 Å². The number of fused-ring (bicyclic) bond motifs is 1. The number of rotatable bonds is 1. The van der Waals surface area contributed by atoms with Crippen LogP contribution in [-0.4, -0.2) is 43.7 Å². The average Bonchev–Trinajstić information content (AvgIpc) is 3.33. The van der Waals surface area contributed by atoms with E-state index < -0.39 is 0 Å². The van der Waals surface area contributed by atoms with Crippen LogP contribution in [0.1, 0.15) is 19.8 Å². The van der Waals surface area contributed by atoms with Crippen molar-refractivity contribution < 1.29 is 28.5 Å². The van der Waals surface area contributed by atoms with Gasteiger partial charge in [-0.05, 0) is 24.8 Å². The van der Waals surface area contributed by atoms with Gasteiger partial charge >= 0.3 is 11.9 Å². The van der Waals surface area contributed by atoms with Crippen LogP contribution in [0.2, 0.25) is 0 Å². The summed E-state index contributed by atoms with van der Waals surface area (Å²) in [6.07, 6.45) is 8.72. The molecule has 0 aromatic rings. The van der Waals surface area contributed by atoms with Crippen molar-refractivity contribution in [1.82, 2.24) is 0 Å². The molecular formula is C20H20O6. The Morgan fingerprint density at radius 3 is 2.81 bits per heavy atom. The van der Waals surface area contributed by atoms with Gasteiger partial charge in [-0.15, -0.1) is 0 Å². The Hall–Kier alpha value is -1.92. The lowest BCUT2D eigenvalue weighted by Crippen LogP contribution is -2.54. The van der Waals surface area contributed by atoms with Crippen LogP contribution in [0.15, 0.2) is 35.5 Å². The van der Waals surface area contributed by atoms with Crippen molar-refractivity contribution in [2.75, 3.05) is 13.2 Å². The van der Waals surface area contributed by atoms with E-state index in [1.165, 1.54) is 0 Å². The number of cyclic esters (lactones) is 2. The quantitative estimate of drug-likeness (QED) is 0.666. The summed E-state index contributed by atoms with van der Waals surface area (Å²) in [4.78, 5) is 24.4. The van der Waals surface area contributed by atoms with E-state index in [0.29, 0.717) is 25.2 Å². The number of esters is 2. The van der Waals surface area contributed by atoms with Crippen molar-refractivity contribution in [3.63, 3.8) is 0 Å². The van der Waals surface area contributed by atoms with Crippen LogP contribution in [-0.2, 0) is 28.5 Å². The minimum absolute atomic E-state index is 0.0334. The second kappa shape index (κ2) is 4.67. The highest BCUT2D eigenvalue weighted by atomic mass is 16.7. The lowest BCUT2D eigenvalue weighted by Gasteiger charge is -2.52. The maximum Gasteiger partial charge on any atom is 0.336 e. The van der Waals surface area contributed by atoms with Crippen molar-refractivity contribution >= 4 is 11.9 Å². The zero-order valence-corrected chi connectivity index (χ0v) is 14.5. The van der Waals surface area contributed by atoms with Crippen LogP contribution < -0.4 is 0 Å². The number of hydrogen-bond acceptors (Lipinski definition) is 6. The number of hydrogen-bond donors (Lipinski definition) is 0. The molecule has 4 aliphatic heterocycles. The normalized spacial score (nSPS) is 50.6. The topological polar surface area (TPSA) is 71.1 Å². The Balaban J connectivity index is 1.46. The van der Waals surface area contributed by atoms with Crippen LogP contribution in [0, 0.1) is 22.7 Å². The zero-order chi connectivity index (χ0) is 17.7. The monoisotopic (exact) mass is 356 g/mol. The molecule has 6 heteroatoms. The van der Waals surface area contributed by atoms with Gasteiger partial charge in [0, 0.05) is 22.3 Å². The molecule has 4 heterocycles. The molecule has 3 saturated heterocycles. The predicted octanol–water partition coefficient (Wildman–Crippen LogP) is 1.67. The Morgan fingerprint density at radius 2 is 2.00 bits per heavy atom. The SMILES string of the molecule is C[C@@H]1[C@H]2C[C@@]34COC(=O)C3=CC=C[C@H]4[C@@]13C[C@H](C1=CCOC1=O)O[C@H]3O2. The molecule has 7 atom stereocenters. The van der Waals surface area contributed by atoms with E-state index in [0.717, 1.165) is 12.0 Å². The van der Waals surface area contributed by atoms with Crippen LogP contribution in [0.5, 0.6) is 0 Å². The van der Waals surface area contributed by atoms with Crippen molar-refractivity contribution in [2.24, 2.45) is 22.7 Å². The Bertz CT molecular complexity index is 824. The maximum absolute atomic E-state index is 12.3. The summed E-state index contributed by atoms with van der Waals surface area (Å²) >= 11 is 0. The average molecular weight is 356 g/mol. The molecule has 6 rings (SSSR count). The second-order valence-corrected chi connectivity index (χ2v) is 8.37. The van der Waals surface area contributed by atoms with Gasteiger partial charge in [0.25, 0.3) is 0 Å². The Kier molecular flexibility index (Phi) is 2.73. The fourth-order valence-electron chi connectivity index (χ4n) is 6.36. The molecule has 26 heavy (non-hydrogen) atoms. The fourth-order valence-corrected chi connectivity index (χ4v) is 6.36. The second-order valence-electron chi connectivity index (χ2n) is 8.37. The van der Waals surface area contributed by atoms with E-state index in [1.807, 2.05) is 18.2 Å². The summed E-state index contributed by atoms with van der Waals surface area (Å²) in [6.45, 7) is 2.93. The molecule has 0 radical (unpaired) electrons. The molecule has 4 fully saturated rings. The molecule has 6 nitrogen and oxygen atoms in total. The fraction of sp³-hybridized carbons (Fsp3) is 0.600. The van der Waals surface area contributed by atoms with E-state index in [4.69, 9.17) is 18.9 Å². The van der Waals surface area contributed by atoms with Gasteiger partial charge in [-0.3, -0.25) is 0 Å². The summed E-state index contributed by atoms with van der Waals surface area (Å²) in [5.41, 5.74) is 0.783. The molecule has 2 aliphatic carbocycles. The van der Waals surface area contributed by atoms with E-state index >= 15 is 0 Å². The van der Waals surface area contributed by atoms with E-state index in [9.17, 15) is 9.59 Å². The lowest BCUT2D eigenvalue weighted by atomic mass is 9.48. The van der Waals surface area contributed by atoms with E-state index in [2.05, 4.69) is 13.0 Å². The summed E-state index contributed by atoms with van der Waals surface area (Å²) in [6, 6.07) is 0. The predicted molar refractivity (Wildman–Crippen MR) is 87.5 cm³/mol. The molecule has 136 valence electrons. The number of allylic oxidation sites excluding steroid dienone is 3. The first-order chi connectivity index (χ1) is 12.6. The molecule has 2 spiro atoms. The van der Waals surface area contributed by atoms with Crippen molar-refractivity contribution in [1.29, 1.82) is 0 Å². The van der Waals surface area contributed by atoms with Gasteiger partial charge in [-0.25, -0.2) is 9.59 Å². The number of ether oxygens (including phenoxy) is 4. The number of carbonyl (C=O) groups excluding carboxylic acids is 2. The van der Waals surface area contributed by atoms with E-state index in [1.54, 1.807) is 0 Å². The van der Waals surface area contributed by atoms with Gasteiger partial charge in [-0.1, -0.05) is 25.2 Å². The summed E-state index contributed by atoms with van der Waals surface area (Å²) in [7, 11) is 0. The van der Waals surface area contributed by atoms with Gasteiger partial charge in [-0.2, -0.15) is 0 Å². The third kappa shape index (κ3) is 1.53. The van der Waals surface area contributed by atoms with Crippen LogP contribution in [0.25, 0.3) is 0 Å². The molecule has 0 amide bonds. The van der Waals surface area contributed by atoms with Gasteiger partial charge in [0.2, 0.25) is 0 Å². The van der Waals surface area contributed by atoms with E-state index in [-0.39, 0.29) is 53.1 Å². The molecule has 0 N–H and O–H groups in total. The van der Waals surface area contributed by atoms with Gasteiger partial charge in [0.15, 0.2) is 6.29 Å². The highest BCUT2D eigenvalue weighted by Crippen LogP contribution is 2.70. The molecule has 2 bridgehead atoms. The molecule has 0 aromatic carbocycles. The smallest absolute Gasteiger partial charge is 0.336 e. The molecule has 0 unspecified atom stereocenters. The van der Waals surface area contributed by atoms with Crippen LogP contribution >= 0.6 is 0 Å². The first-order valence-electron chi connectivity index (χ1n) is 9.30. The Labute approximate surface area is 150 Å². The summed E-state index contributed by atoms with van der Waals surface area (Å²) in [5.74, 6) is -0.117. The first-order valence-corrected chi connectivity index (χ1v) is 9.30. The highest BCUT2D eigenvalue weighted by molar-refractivity contribution is 5.93. The third-order valence-electron chi connectivity index (χ3n) is 7.59. The Morgan fingerprint density at radius 1 is 1.12 bits per heavy atom. The highest BCUT2D eigenvalue weighted by Gasteiger charge is 2.73. The summed E-state index contributed by atoms with van der Waals surface area (Å²) < 4.78 is 23.2. The van der Waals surface area contributed by atoms with Gasteiger partial charge in [0.1, 0.15) is 13.2 Å². The number of carbonyl (C=O) groups is 2. The van der Waals surface area contributed by atoms with Crippen molar-refractivity contribution in [3.8, 4) is 0 Å². The lowest BCUT2D eigenvalue weighted by molar-refractivity contribution is -0.148. The van der Waals surface area contributed by atoms with Crippen LogP contribution in [0.4, 0.5) is 0 Å². The molecule has 0 aromatic heterocycles. The first kappa shape index (κ1) is 15.2. The van der Waals surface area contributed by atoms with Crippen molar-refractivity contribution in [2.45, 2.75) is 38.3 Å². The van der Waals surface area contributed by atoms with Gasteiger partial charge in [0.05, 0.1) is 17.8 Å². The zero-order valence-electron chi connectivity index (χ0n) is 14.5. The van der Waals surface area contributed by atoms with Crippen LogP contribution in [0.3, 0.4) is 0 Å². The largest absolute Gasteiger partial charge is 0.461 e. The molecule has 1 saturated carbocycles. The minimum Gasteiger partial charge on any atom is -0.461 e.